The highest BCUT2D eigenvalue weighted by Gasteiger charge is 2.11. The lowest BCUT2D eigenvalue weighted by atomic mass is 10.2. The minimum atomic E-state index is -0.217. The standard InChI is InChI=1S/C16H13BrClN5O/c17-13-7-3-2-6-12(13)16-20-22-23(21-16)10-15(24)19-9-11-5-1-4-8-14(11)18/h1-8H,9-10H2,(H,19,24). The normalized spacial score (nSPS) is 10.6. The highest BCUT2D eigenvalue weighted by atomic mass is 79.9. The minimum Gasteiger partial charge on any atom is -0.350 e. The van der Waals surface area contributed by atoms with Crippen LogP contribution in [0.1, 0.15) is 5.56 Å². The minimum absolute atomic E-state index is 0.0120. The van der Waals surface area contributed by atoms with E-state index in [0.717, 1.165) is 15.6 Å². The summed E-state index contributed by atoms with van der Waals surface area (Å²) < 4.78 is 0.868. The van der Waals surface area contributed by atoms with Crippen molar-refractivity contribution in [2.24, 2.45) is 0 Å². The summed E-state index contributed by atoms with van der Waals surface area (Å²) in [5.41, 5.74) is 1.67. The second-order valence-electron chi connectivity index (χ2n) is 4.99. The molecule has 3 aromatic rings. The summed E-state index contributed by atoms with van der Waals surface area (Å²) in [7, 11) is 0. The summed E-state index contributed by atoms with van der Waals surface area (Å²) in [4.78, 5) is 13.3. The molecule has 0 saturated carbocycles. The predicted molar refractivity (Wildman–Crippen MR) is 94.3 cm³/mol. The Balaban J connectivity index is 1.62. The zero-order chi connectivity index (χ0) is 16.9. The van der Waals surface area contributed by atoms with Crippen LogP contribution in [-0.2, 0) is 17.9 Å². The monoisotopic (exact) mass is 405 g/mol. The van der Waals surface area contributed by atoms with Crippen molar-refractivity contribution in [1.82, 2.24) is 25.5 Å². The Kier molecular flexibility index (Phi) is 5.22. The Morgan fingerprint density at radius 3 is 2.71 bits per heavy atom. The van der Waals surface area contributed by atoms with Gasteiger partial charge in [0.1, 0.15) is 6.54 Å². The molecule has 0 aliphatic rings. The van der Waals surface area contributed by atoms with E-state index >= 15 is 0 Å². The number of tetrazole rings is 1. The first-order valence-electron chi connectivity index (χ1n) is 7.16. The number of rotatable bonds is 5. The molecule has 8 heteroatoms. The summed E-state index contributed by atoms with van der Waals surface area (Å²) in [6, 6.07) is 14.9. The van der Waals surface area contributed by atoms with Crippen molar-refractivity contribution < 1.29 is 4.79 Å². The molecule has 0 unspecified atom stereocenters. The fourth-order valence-corrected chi connectivity index (χ4v) is 2.75. The van der Waals surface area contributed by atoms with Gasteiger partial charge in [0, 0.05) is 21.6 Å². The molecule has 0 aliphatic carbocycles. The van der Waals surface area contributed by atoms with Gasteiger partial charge in [0.05, 0.1) is 0 Å². The smallest absolute Gasteiger partial charge is 0.243 e. The van der Waals surface area contributed by atoms with E-state index in [1.165, 1.54) is 4.80 Å². The molecule has 0 fully saturated rings. The highest BCUT2D eigenvalue weighted by molar-refractivity contribution is 9.10. The molecular formula is C16H13BrClN5O. The Morgan fingerprint density at radius 2 is 1.92 bits per heavy atom. The van der Waals surface area contributed by atoms with Crippen LogP contribution in [0.3, 0.4) is 0 Å². The Hall–Kier alpha value is -2.25. The van der Waals surface area contributed by atoms with Gasteiger partial charge in [0.15, 0.2) is 0 Å². The Bertz CT molecular complexity index is 867. The maximum atomic E-state index is 12.0. The highest BCUT2D eigenvalue weighted by Crippen LogP contribution is 2.24. The lowest BCUT2D eigenvalue weighted by Crippen LogP contribution is -2.28. The third-order valence-corrected chi connectivity index (χ3v) is 4.35. The van der Waals surface area contributed by atoms with E-state index in [0.29, 0.717) is 17.4 Å². The van der Waals surface area contributed by atoms with E-state index in [2.05, 4.69) is 36.7 Å². The number of carbonyl (C=O) groups is 1. The second kappa shape index (κ2) is 7.55. The summed E-state index contributed by atoms with van der Waals surface area (Å²) in [5, 5.41) is 15.5. The van der Waals surface area contributed by atoms with Crippen LogP contribution in [0.25, 0.3) is 11.4 Å². The van der Waals surface area contributed by atoms with Gasteiger partial charge in [-0.05, 0) is 29.0 Å². The van der Waals surface area contributed by atoms with Gasteiger partial charge in [-0.3, -0.25) is 4.79 Å². The summed E-state index contributed by atoms with van der Waals surface area (Å²) in [6.45, 7) is 0.339. The molecule has 1 amide bonds. The lowest BCUT2D eigenvalue weighted by Gasteiger charge is -2.06. The van der Waals surface area contributed by atoms with Gasteiger partial charge < -0.3 is 5.32 Å². The maximum Gasteiger partial charge on any atom is 0.243 e. The number of hydrogen-bond acceptors (Lipinski definition) is 4. The van der Waals surface area contributed by atoms with E-state index in [9.17, 15) is 4.79 Å². The molecule has 3 rings (SSSR count). The van der Waals surface area contributed by atoms with Gasteiger partial charge in [0.2, 0.25) is 11.7 Å². The van der Waals surface area contributed by atoms with E-state index in [-0.39, 0.29) is 12.5 Å². The van der Waals surface area contributed by atoms with Crippen LogP contribution in [0.4, 0.5) is 0 Å². The summed E-state index contributed by atoms with van der Waals surface area (Å²) in [6.07, 6.45) is 0. The number of carbonyl (C=O) groups excluding carboxylic acids is 1. The van der Waals surface area contributed by atoms with Crippen LogP contribution in [0.15, 0.2) is 53.0 Å². The predicted octanol–water partition coefficient (Wildman–Crippen LogP) is 3.07. The fraction of sp³-hybridized carbons (Fsp3) is 0.125. The van der Waals surface area contributed by atoms with Gasteiger partial charge in [-0.1, -0.05) is 57.9 Å². The number of amides is 1. The van der Waals surface area contributed by atoms with Gasteiger partial charge in [-0.2, -0.15) is 4.80 Å². The molecule has 122 valence electrons. The van der Waals surface area contributed by atoms with Crippen molar-refractivity contribution >= 4 is 33.4 Å². The zero-order valence-electron chi connectivity index (χ0n) is 12.5. The first kappa shape index (κ1) is 16.6. The molecule has 0 saturated heterocycles. The topological polar surface area (TPSA) is 72.7 Å². The van der Waals surface area contributed by atoms with E-state index in [4.69, 9.17) is 11.6 Å². The number of benzene rings is 2. The molecule has 0 aliphatic heterocycles. The molecule has 6 nitrogen and oxygen atoms in total. The molecule has 0 bridgehead atoms. The number of nitrogens with one attached hydrogen (secondary N) is 1. The van der Waals surface area contributed by atoms with Crippen molar-refractivity contribution in [2.45, 2.75) is 13.1 Å². The number of hydrogen-bond donors (Lipinski definition) is 1. The summed E-state index contributed by atoms with van der Waals surface area (Å²) >= 11 is 9.50. The van der Waals surface area contributed by atoms with Crippen LogP contribution in [0.5, 0.6) is 0 Å². The van der Waals surface area contributed by atoms with E-state index < -0.39 is 0 Å². The molecule has 0 spiro atoms. The van der Waals surface area contributed by atoms with Gasteiger partial charge in [-0.25, -0.2) is 0 Å². The quantitative estimate of drug-likeness (QED) is 0.707. The molecule has 0 atom stereocenters. The van der Waals surface area contributed by atoms with Crippen LogP contribution in [0, 0.1) is 0 Å². The largest absolute Gasteiger partial charge is 0.350 e. The van der Waals surface area contributed by atoms with Crippen LogP contribution in [0.2, 0.25) is 5.02 Å². The van der Waals surface area contributed by atoms with Crippen molar-refractivity contribution in [3.05, 3.63) is 63.6 Å². The van der Waals surface area contributed by atoms with Crippen LogP contribution >= 0.6 is 27.5 Å². The van der Waals surface area contributed by atoms with Gasteiger partial charge >= 0.3 is 0 Å². The van der Waals surface area contributed by atoms with Crippen molar-refractivity contribution in [1.29, 1.82) is 0 Å². The molecule has 1 N–H and O–H groups in total. The lowest BCUT2D eigenvalue weighted by molar-refractivity contribution is -0.122. The SMILES string of the molecule is O=C(Cn1nnc(-c2ccccc2Br)n1)NCc1ccccc1Cl. The van der Waals surface area contributed by atoms with Crippen LogP contribution < -0.4 is 5.32 Å². The molecule has 1 aromatic heterocycles. The second-order valence-corrected chi connectivity index (χ2v) is 6.25. The third kappa shape index (κ3) is 3.98. The van der Waals surface area contributed by atoms with Crippen molar-refractivity contribution in [3.63, 3.8) is 0 Å². The number of nitrogens with zero attached hydrogens (tertiary/aromatic N) is 4. The van der Waals surface area contributed by atoms with Crippen molar-refractivity contribution in [3.8, 4) is 11.4 Å². The van der Waals surface area contributed by atoms with E-state index in [1.807, 2.05) is 42.5 Å². The first-order chi connectivity index (χ1) is 11.6. The Morgan fingerprint density at radius 1 is 1.17 bits per heavy atom. The molecule has 2 aromatic carbocycles. The Labute approximate surface area is 152 Å². The van der Waals surface area contributed by atoms with Gasteiger partial charge in [-0.15, -0.1) is 10.2 Å². The number of halogens is 2. The zero-order valence-corrected chi connectivity index (χ0v) is 14.8. The van der Waals surface area contributed by atoms with E-state index in [1.54, 1.807) is 6.07 Å². The van der Waals surface area contributed by atoms with Crippen molar-refractivity contribution in [2.75, 3.05) is 0 Å². The van der Waals surface area contributed by atoms with Gasteiger partial charge in [0.25, 0.3) is 0 Å². The molecular weight excluding hydrogens is 394 g/mol. The first-order valence-corrected chi connectivity index (χ1v) is 8.33. The average Bonchev–Trinajstić information content (AvgIpc) is 3.03. The number of aromatic nitrogens is 4. The fourth-order valence-electron chi connectivity index (χ4n) is 2.08. The summed E-state index contributed by atoms with van der Waals surface area (Å²) in [5.74, 6) is 0.243. The maximum absolute atomic E-state index is 12.0. The molecule has 1 heterocycles. The third-order valence-electron chi connectivity index (χ3n) is 3.29. The van der Waals surface area contributed by atoms with Crippen LogP contribution in [-0.4, -0.2) is 26.1 Å². The average molecular weight is 407 g/mol. The molecule has 24 heavy (non-hydrogen) atoms. The molecule has 0 radical (unpaired) electrons.